The first-order valence-corrected chi connectivity index (χ1v) is 6.90. The zero-order chi connectivity index (χ0) is 14.7. The van der Waals surface area contributed by atoms with Gasteiger partial charge in [0.2, 0.25) is 0 Å². The second-order valence-electron chi connectivity index (χ2n) is 4.59. The quantitative estimate of drug-likeness (QED) is 0.843. The van der Waals surface area contributed by atoms with Crippen molar-refractivity contribution in [2.24, 2.45) is 5.73 Å². The molecular weight excluding hydrogens is 290 g/mol. The summed E-state index contributed by atoms with van der Waals surface area (Å²) < 4.78 is 0. The molecule has 2 aromatic rings. The molecule has 0 saturated carbocycles. The third-order valence-electron chi connectivity index (χ3n) is 2.90. The minimum atomic E-state index is 0.339. The molecule has 0 radical (unpaired) electrons. The van der Waals surface area contributed by atoms with Crippen molar-refractivity contribution in [1.82, 2.24) is 0 Å². The largest absolute Gasteiger partial charge is 0.389 e. The molecule has 0 heterocycles. The van der Waals surface area contributed by atoms with E-state index in [1.165, 1.54) is 0 Å². The number of nitrogens with two attached hydrogens (primary N) is 1. The van der Waals surface area contributed by atoms with E-state index in [4.69, 9.17) is 29.6 Å². The van der Waals surface area contributed by atoms with Crippen molar-refractivity contribution in [2.45, 2.75) is 0 Å². The van der Waals surface area contributed by atoms with Gasteiger partial charge in [0, 0.05) is 24.7 Å². The number of nitrogens with zero attached hydrogens (tertiary/aromatic N) is 1. The lowest BCUT2D eigenvalue weighted by Gasteiger charge is -2.19. The van der Waals surface area contributed by atoms with Crippen molar-refractivity contribution in [3.05, 3.63) is 53.1 Å². The molecule has 5 heteroatoms. The maximum atomic E-state index is 6.06. The van der Waals surface area contributed by atoms with Crippen molar-refractivity contribution in [2.75, 3.05) is 24.3 Å². The molecule has 0 fully saturated rings. The third kappa shape index (κ3) is 3.21. The van der Waals surface area contributed by atoms with Gasteiger partial charge in [0.15, 0.2) is 0 Å². The Kier molecular flexibility index (Phi) is 4.47. The van der Waals surface area contributed by atoms with Gasteiger partial charge >= 0.3 is 0 Å². The van der Waals surface area contributed by atoms with Crippen LogP contribution in [0.3, 0.4) is 0 Å². The smallest absolute Gasteiger partial charge is 0.106 e. The van der Waals surface area contributed by atoms with Gasteiger partial charge in [-0.3, -0.25) is 0 Å². The van der Waals surface area contributed by atoms with Gasteiger partial charge in [-0.15, -0.1) is 0 Å². The number of thiocarbonyl (C=S) groups is 1. The zero-order valence-electron chi connectivity index (χ0n) is 11.4. The number of hydrogen-bond donors (Lipinski definition) is 2. The highest BCUT2D eigenvalue weighted by molar-refractivity contribution is 7.80. The number of nitrogens with one attached hydrogen (secondary N) is 1. The van der Waals surface area contributed by atoms with Crippen LogP contribution >= 0.6 is 23.8 Å². The molecule has 0 aliphatic rings. The van der Waals surface area contributed by atoms with Crippen molar-refractivity contribution >= 4 is 45.9 Å². The van der Waals surface area contributed by atoms with E-state index >= 15 is 0 Å². The van der Waals surface area contributed by atoms with Crippen LogP contribution in [0.15, 0.2) is 42.5 Å². The molecular formula is C15H16ClN3S. The number of anilines is 3. The van der Waals surface area contributed by atoms with Crippen LogP contribution < -0.4 is 16.0 Å². The molecule has 0 saturated heterocycles. The Balaban J connectivity index is 2.45. The highest BCUT2D eigenvalue weighted by atomic mass is 35.5. The van der Waals surface area contributed by atoms with E-state index in [-0.39, 0.29) is 0 Å². The van der Waals surface area contributed by atoms with Gasteiger partial charge in [-0.05, 0) is 30.3 Å². The number of para-hydroxylation sites is 2. The molecule has 0 aliphatic heterocycles. The first-order chi connectivity index (χ1) is 9.49. The SMILES string of the molecule is CN(C)c1ccccc1Nc1cc(Cl)ccc1C(N)=S. The van der Waals surface area contributed by atoms with E-state index in [9.17, 15) is 0 Å². The first-order valence-electron chi connectivity index (χ1n) is 6.12. The van der Waals surface area contributed by atoms with E-state index in [0.717, 1.165) is 22.6 Å². The summed E-state index contributed by atoms with van der Waals surface area (Å²) in [6.45, 7) is 0. The van der Waals surface area contributed by atoms with Crippen LogP contribution in [0, 0.1) is 0 Å². The summed E-state index contributed by atoms with van der Waals surface area (Å²) in [7, 11) is 3.99. The van der Waals surface area contributed by atoms with E-state index in [0.29, 0.717) is 10.0 Å². The summed E-state index contributed by atoms with van der Waals surface area (Å²) in [4.78, 5) is 2.37. The highest BCUT2D eigenvalue weighted by Gasteiger charge is 2.09. The lowest BCUT2D eigenvalue weighted by molar-refractivity contribution is 1.13. The van der Waals surface area contributed by atoms with Crippen molar-refractivity contribution in [3.63, 3.8) is 0 Å². The zero-order valence-corrected chi connectivity index (χ0v) is 12.9. The van der Waals surface area contributed by atoms with Crippen LogP contribution in [0.25, 0.3) is 0 Å². The first kappa shape index (κ1) is 14.6. The normalized spacial score (nSPS) is 10.2. The molecule has 2 aromatic carbocycles. The molecule has 0 atom stereocenters. The predicted molar refractivity (Wildman–Crippen MR) is 91.4 cm³/mol. The molecule has 0 unspecified atom stereocenters. The summed E-state index contributed by atoms with van der Waals surface area (Å²) >= 11 is 11.1. The van der Waals surface area contributed by atoms with Crippen molar-refractivity contribution < 1.29 is 0 Å². The van der Waals surface area contributed by atoms with Gasteiger partial charge in [-0.2, -0.15) is 0 Å². The Morgan fingerprint density at radius 2 is 1.85 bits per heavy atom. The molecule has 0 spiro atoms. The third-order valence-corrected chi connectivity index (χ3v) is 3.36. The van der Waals surface area contributed by atoms with E-state index in [1.807, 2.05) is 55.4 Å². The topological polar surface area (TPSA) is 41.3 Å². The fourth-order valence-corrected chi connectivity index (χ4v) is 2.30. The van der Waals surface area contributed by atoms with Crippen LogP contribution in [0.5, 0.6) is 0 Å². The number of rotatable bonds is 4. The Morgan fingerprint density at radius 1 is 1.15 bits per heavy atom. The van der Waals surface area contributed by atoms with Crippen LogP contribution in [0.4, 0.5) is 17.1 Å². The van der Waals surface area contributed by atoms with Gasteiger partial charge < -0.3 is 16.0 Å². The van der Waals surface area contributed by atoms with Crippen LogP contribution in [0.1, 0.15) is 5.56 Å². The Bertz CT molecular complexity index is 641. The summed E-state index contributed by atoms with van der Waals surface area (Å²) in [5.41, 5.74) is 9.38. The average molecular weight is 306 g/mol. The second-order valence-corrected chi connectivity index (χ2v) is 5.47. The van der Waals surface area contributed by atoms with Crippen molar-refractivity contribution in [1.29, 1.82) is 0 Å². The molecule has 104 valence electrons. The summed E-state index contributed by atoms with van der Waals surface area (Å²) in [6, 6.07) is 13.4. The van der Waals surface area contributed by atoms with Gasteiger partial charge in [0.05, 0.1) is 17.1 Å². The average Bonchev–Trinajstić information content (AvgIpc) is 2.38. The standard InChI is InChI=1S/C15H16ClN3S/c1-19(2)14-6-4-3-5-12(14)18-13-9-10(16)7-8-11(13)15(17)20/h3-9,18H,1-2H3,(H2,17,20). The van der Waals surface area contributed by atoms with Gasteiger partial charge in [-0.25, -0.2) is 0 Å². The maximum Gasteiger partial charge on any atom is 0.106 e. The van der Waals surface area contributed by atoms with E-state index in [2.05, 4.69) is 5.32 Å². The minimum absolute atomic E-state index is 0.339. The fraction of sp³-hybridized carbons (Fsp3) is 0.133. The number of halogens is 1. The second kappa shape index (κ2) is 6.11. The minimum Gasteiger partial charge on any atom is -0.389 e. The van der Waals surface area contributed by atoms with Gasteiger partial charge in [0.1, 0.15) is 4.99 Å². The predicted octanol–water partition coefficient (Wildman–Crippen LogP) is 3.78. The van der Waals surface area contributed by atoms with Gasteiger partial charge in [0.25, 0.3) is 0 Å². The van der Waals surface area contributed by atoms with Crippen molar-refractivity contribution in [3.8, 4) is 0 Å². The lowest BCUT2D eigenvalue weighted by atomic mass is 10.1. The summed E-state index contributed by atoms with van der Waals surface area (Å²) in [5, 5.41) is 3.99. The number of benzene rings is 2. The molecule has 3 N–H and O–H groups in total. The van der Waals surface area contributed by atoms with Crippen LogP contribution in [-0.4, -0.2) is 19.1 Å². The fourth-order valence-electron chi connectivity index (χ4n) is 1.95. The maximum absolute atomic E-state index is 6.06. The molecule has 3 nitrogen and oxygen atoms in total. The summed E-state index contributed by atoms with van der Waals surface area (Å²) in [6.07, 6.45) is 0. The van der Waals surface area contributed by atoms with E-state index in [1.54, 1.807) is 6.07 Å². The Hall–Kier alpha value is -1.78. The van der Waals surface area contributed by atoms with Crippen LogP contribution in [0.2, 0.25) is 5.02 Å². The molecule has 20 heavy (non-hydrogen) atoms. The Morgan fingerprint density at radius 3 is 2.50 bits per heavy atom. The summed E-state index contributed by atoms with van der Waals surface area (Å²) in [5.74, 6) is 0. The molecule has 0 bridgehead atoms. The number of hydrogen-bond acceptors (Lipinski definition) is 3. The molecule has 0 aliphatic carbocycles. The molecule has 2 rings (SSSR count). The lowest BCUT2D eigenvalue weighted by Crippen LogP contribution is -2.14. The highest BCUT2D eigenvalue weighted by Crippen LogP contribution is 2.30. The van der Waals surface area contributed by atoms with Gasteiger partial charge in [-0.1, -0.05) is 36.0 Å². The monoisotopic (exact) mass is 305 g/mol. The molecule has 0 aromatic heterocycles. The Labute approximate surface area is 129 Å². The molecule has 0 amide bonds. The van der Waals surface area contributed by atoms with Crippen LogP contribution in [-0.2, 0) is 0 Å². The van der Waals surface area contributed by atoms with E-state index < -0.39 is 0 Å².